The van der Waals surface area contributed by atoms with Crippen LogP contribution in [0, 0.1) is 11.6 Å². The first kappa shape index (κ1) is 16.1. The molecule has 0 aliphatic rings. The zero-order valence-electron chi connectivity index (χ0n) is 13.1. The third-order valence-electron chi connectivity index (χ3n) is 3.77. The number of carbonyl (C=O) groups excluding carboxylic acids is 1. The van der Waals surface area contributed by atoms with Gasteiger partial charge in [0.25, 0.3) is 5.91 Å². The molecular weight excluding hydrogens is 310 g/mol. The van der Waals surface area contributed by atoms with Crippen LogP contribution in [0.2, 0.25) is 0 Å². The van der Waals surface area contributed by atoms with Gasteiger partial charge >= 0.3 is 0 Å². The molecule has 0 saturated carbocycles. The van der Waals surface area contributed by atoms with Crippen molar-refractivity contribution < 1.29 is 13.6 Å². The minimum Gasteiger partial charge on any atom is -0.349 e. The van der Waals surface area contributed by atoms with Crippen LogP contribution in [0.5, 0.6) is 0 Å². The fourth-order valence-electron chi connectivity index (χ4n) is 2.59. The molecule has 0 fully saturated rings. The summed E-state index contributed by atoms with van der Waals surface area (Å²) >= 11 is 0. The Hall–Kier alpha value is -2.82. The summed E-state index contributed by atoms with van der Waals surface area (Å²) in [6.45, 7) is 1.91. The van der Waals surface area contributed by atoms with Gasteiger partial charge in [-0.15, -0.1) is 0 Å². The van der Waals surface area contributed by atoms with Gasteiger partial charge in [0, 0.05) is 17.6 Å². The standard InChI is InChI=1S/C19H16F2N2O/c1-12(9-13-5-3-2-4-6-13)23-19(24)15-10-14-7-8-16(20)17(21)18(14)22-11-15/h2-8,10-12H,9H2,1H3,(H,23,24). The van der Waals surface area contributed by atoms with Crippen LogP contribution in [0.1, 0.15) is 22.8 Å². The summed E-state index contributed by atoms with van der Waals surface area (Å²) in [6.07, 6.45) is 1.96. The van der Waals surface area contributed by atoms with Gasteiger partial charge in [-0.05, 0) is 37.1 Å². The fourth-order valence-corrected chi connectivity index (χ4v) is 2.59. The zero-order valence-corrected chi connectivity index (χ0v) is 13.1. The van der Waals surface area contributed by atoms with Crippen molar-refractivity contribution in [1.82, 2.24) is 10.3 Å². The summed E-state index contributed by atoms with van der Waals surface area (Å²) in [6, 6.07) is 13.7. The SMILES string of the molecule is CC(Cc1ccccc1)NC(=O)c1cnc2c(F)c(F)ccc2c1. The van der Waals surface area contributed by atoms with E-state index in [0.29, 0.717) is 17.4 Å². The lowest BCUT2D eigenvalue weighted by Gasteiger charge is -2.14. The Morgan fingerprint density at radius 2 is 1.92 bits per heavy atom. The van der Waals surface area contributed by atoms with Crippen molar-refractivity contribution in [2.45, 2.75) is 19.4 Å². The first-order valence-corrected chi connectivity index (χ1v) is 7.63. The number of rotatable bonds is 4. The van der Waals surface area contributed by atoms with Crippen LogP contribution in [-0.4, -0.2) is 16.9 Å². The highest BCUT2D eigenvalue weighted by molar-refractivity contribution is 5.97. The molecule has 122 valence electrons. The monoisotopic (exact) mass is 326 g/mol. The van der Waals surface area contributed by atoms with Gasteiger partial charge in [0.15, 0.2) is 11.6 Å². The predicted octanol–water partition coefficient (Wildman–Crippen LogP) is 3.87. The number of carbonyl (C=O) groups is 1. The van der Waals surface area contributed by atoms with E-state index in [0.717, 1.165) is 11.6 Å². The minimum absolute atomic E-state index is 0.0689. The summed E-state index contributed by atoms with van der Waals surface area (Å²) < 4.78 is 26.8. The van der Waals surface area contributed by atoms with E-state index in [9.17, 15) is 13.6 Å². The fraction of sp³-hybridized carbons (Fsp3) is 0.158. The van der Waals surface area contributed by atoms with E-state index in [2.05, 4.69) is 10.3 Å². The lowest BCUT2D eigenvalue weighted by Crippen LogP contribution is -2.34. The molecule has 1 amide bonds. The number of amides is 1. The molecule has 2 aromatic carbocycles. The largest absolute Gasteiger partial charge is 0.349 e. The van der Waals surface area contributed by atoms with Crippen LogP contribution < -0.4 is 5.32 Å². The number of benzene rings is 2. The maximum atomic E-state index is 13.6. The molecule has 0 spiro atoms. The van der Waals surface area contributed by atoms with Crippen LogP contribution in [0.4, 0.5) is 8.78 Å². The highest BCUT2D eigenvalue weighted by Gasteiger charge is 2.14. The zero-order chi connectivity index (χ0) is 17.1. The van der Waals surface area contributed by atoms with Crippen LogP contribution in [-0.2, 0) is 6.42 Å². The van der Waals surface area contributed by atoms with Gasteiger partial charge < -0.3 is 5.32 Å². The first-order valence-electron chi connectivity index (χ1n) is 7.63. The van der Waals surface area contributed by atoms with Gasteiger partial charge in [0.1, 0.15) is 5.52 Å². The molecule has 0 saturated heterocycles. The van der Waals surface area contributed by atoms with Crippen molar-refractivity contribution in [2.75, 3.05) is 0 Å². The maximum Gasteiger partial charge on any atom is 0.253 e. The Balaban J connectivity index is 1.75. The Morgan fingerprint density at radius 3 is 2.67 bits per heavy atom. The molecule has 0 radical (unpaired) electrons. The van der Waals surface area contributed by atoms with Gasteiger partial charge in [-0.2, -0.15) is 0 Å². The average molecular weight is 326 g/mol. The second-order valence-corrected chi connectivity index (χ2v) is 5.72. The number of fused-ring (bicyclic) bond motifs is 1. The Bertz CT molecular complexity index is 881. The quantitative estimate of drug-likeness (QED) is 0.791. The molecule has 1 atom stereocenters. The van der Waals surface area contributed by atoms with Gasteiger partial charge in [-0.1, -0.05) is 30.3 Å². The van der Waals surface area contributed by atoms with E-state index in [1.807, 2.05) is 37.3 Å². The number of nitrogens with zero attached hydrogens (tertiary/aromatic N) is 1. The van der Waals surface area contributed by atoms with E-state index in [1.54, 1.807) is 0 Å². The molecule has 0 bridgehead atoms. The Kier molecular flexibility index (Phi) is 4.51. The third kappa shape index (κ3) is 3.40. The predicted molar refractivity (Wildman–Crippen MR) is 88.7 cm³/mol. The summed E-state index contributed by atoms with van der Waals surface area (Å²) in [5.74, 6) is -2.25. The third-order valence-corrected chi connectivity index (χ3v) is 3.77. The average Bonchev–Trinajstić information content (AvgIpc) is 2.58. The van der Waals surface area contributed by atoms with E-state index >= 15 is 0 Å². The summed E-state index contributed by atoms with van der Waals surface area (Å²) in [4.78, 5) is 16.2. The van der Waals surface area contributed by atoms with Gasteiger partial charge in [-0.3, -0.25) is 9.78 Å². The number of nitrogens with one attached hydrogen (secondary N) is 1. The molecule has 1 aromatic heterocycles. The minimum atomic E-state index is -1.00. The lowest BCUT2D eigenvalue weighted by molar-refractivity contribution is 0.0940. The molecule has 1 unspecified atom stereocenters. The second-order valence-electron chi connectivity index (χ2n) is 5.72. The van der Waals surface area contributed by atoms with Gasteiger partial charge in [-0.25, -0.2) is 8.78 Å². The van der Waals surface area contributed by atoms with Crippen molar-refractivity contribution in [3.63, 3.8) is 0 Å². The van der Waals surface area contributed by atoms with E-state index < -0.39 is 11.6 Å². The smallest absolute Gasteiger partial charge is 0.253 e. The molecule has 3 rings (SSSR count). The second kappa shape index (κ2) is 6.74. The molecule has 3 aromatic rings. The molecule has 0 aliphatic carbocycles. The molecule has 3 nitrogen and oxygen atoms in total. The normalized spacial score (nSPS) is 12.1. The Labute approximate surface area is 138 Å². The molecule has 5 heteroatoms. The molecular formula is C19H16F2N2O. The number of aromatic nitrogens is 1. The van der Waals surface area contributed by atoms with Crippen LogP contribution >= 0.6 is 0 Å². The molecule has 0 aliphatic heterocycles. The highest BCUT2D eigenvalue weighted by Crippen LogP contribution is 2.19. The summed E-state index contributed by atoms with van der Waals surface area (Å²) in [5.41, 5.74) is 1.36. The Morgan fingerprint density at radius 1 is 1.17 bits per heavy atom. The van der Waals surface area contributed by atoms with Crippen molar-refractivity contribution in [3.8, 4) is 0 Å². The number of hydrogen-bond donors (Lipinski definition) is 1. The number of pyridine rings is 1. The number of halogens is 2. The van der Waals surface area contributed by atoms with E-state index in [1.165, 1.54) is 18.3 Å². The number of hydrogen-bond acceptors (Lipinski definition) is 2. The van der Waals surface area contributed by atoms with E-state index in [-0.39, 0.29) is 17.5 Å². The molecule has 1 N–H and O–H groups in total. The van der Waals surface area contributed by atoms with E-state index in [4.69, 9.17) is 0 Å². The molecule has 24 heavy (non-hydrogen) atoms. The lowest BCUT2D eigenvalue weighted by atomic mass is 10.1. The van der Waals surface area contributed by atoms with Crippen LogP contribution in [0.15, 0.2) is 54.7 Å². The van der Waals surface area contributed by atoms with Crippen LogP contribution in [0.25, 0.3) is 10.9 Å². The van der Waals surface area contributed by atoms with Crippen LogP contribution in [0.3, 0.4) is 0 Å². The van der Waals surface area contributed by atoms with Gasteiger partial charge in [0.2, 0.25) is 0 Å². The topological polar surface area (TPSA) is 42.0 Å². The van der Waals surface area contributed by atoms with Gasteiger partial charge in [0.05, 0.1) is 5.56 Å². The van der Waals surface area contributed by atoms with Crippen molar-refractivity contribution in [2.24, 2.45) is 0 Å². The van der Waals surface area contributed by atoms with Crippen molar-refractivity contribution >= 4 is 16.8 Å². The van der Waals surface area contributed by atoms with Crippen molar-refractivity contribution in [1.29, 1.82) is 0 Å². The summed E-state index contributed by atoms with van der Waals surface area (Å²) in [5, 5.41) is 3.27. The highest BCUT2D eigenvalue weighted by atomic mass is 19.2. The molecule has 1 heterocycles. The summed E-state index contributed by atoms with van der Waals surface area (Å²) in [7, 11) is 0. The maximum absolute atomic E-state index is 13.6. The first-order chi connectivity index (χ1) is 11.5. The van der Waals surface area contributed by atoms with Crippen molar-refractivity contribution in [3.05, 3.63) is 77.5 Å².